The van der Waals surface area contributed by atoms with Crippen molar-refractivity contribution in [3.05, 3.63) is 83.1 Å². The first-order valence-electron chi connectivity index (χ1n) is 23.1. The molecule has 2 saturated heterocycles. The number of ketones is 1. The second-order valence-electron chi connectivity index (χ2n) is 17.0. The highest BCUT2D eigenvalue weighted by atomic mass is 35.5. The van der Waals surface area contributed by atoms with Gasteiger partial charge in [-0.2, -0.15) is 9.97 Å². The van der Waals surface area contributed by atoms with E-state index in [0.717, 1.165) is 0 Å². The third kappa shape index (κ3) is 13.0. The Kier molecular flexibility index (Phi) is 17.6. The molecule has 0 saturated carbocycles. The highest BCUT2D eigenvalue weighted by molar-refractivity contribution is 8.55. The lowest BCUT2D eigenvalue weighted by atomic mass is 10.2. The van der Waals surface area contributed by atoms with E-state index in [2.05, 4.69) is 40.5 Å². The summed E-state index contributed by atoms with van der Waals surface area (Å²) in [5.74, 6) is -3.26. The van der Waals surface area contributed by atoms with E-state index in [4.69, 9.17) is 55.9 Å². The summed E-state index contributed by atoms with van der Waals surface area (Å²) in [5, 5.41) is 16.6. The predicted molar refractivity (Wildman–Crippen MR) is 266 cm³/mol. The Morgan fingerprint density at radius 2 is 1.59 bits per heavy atom. The van der Waals surface area contributed by atoms with Crippen molar-refractivity contribution in [3.8, 4) is 11.6 Å². The van der Waals surface area contributed by atoms with Crippen LogP contribution in [0.5, 0.6) is 11.6 Å². The number of ether oxygens (including phenoxy) is 5. The Morgan fingerprint density at radius 3 is 2.31 bits per heavy atom. The third-order valence-corrected chi connectivity index (χ3v) is 15.3. The number of Topliss-reactive ketones (excluding diaryl/α,β-unsaturated/α-hetero) is 1. The maximum absolute atomic E-state index is 15.0. The van der Waals surface area contributed by atoms with Crippen LogP contribution in [0.25, 0.3) is 22.3 Å². The molecule has 4 aromatic heterocycles. The van der Waals surface area contributed by atoms with E-state index in [-0.39, 0.29) is 88.6 Å². The molecule has 6 aromatic rings. The maximum Gasteiger partial charge on any atom is 0.392 e. The quantitative estimate of drug-likeness (QED) is 0.0334. The number of aromatic nitrogens is 8. The molecule has 3 N–H and O–H groups in total. The molecule has 0 radical (unpaired) electrons. The van der Waals surface area contributed by atoms with Crippen LogP contribution >= 0.6 is 41.4 Å². The van der Waals surface area contributed by atoms with Gasteiger partial charge in [0.1, 0.15) is 60.7 Å². The van der Waals surface area contributed by atoms with Gasteiger partial charge in [0.05, 0.1) is 37.3 Å². The van der Waals surface area contributed by atoms with Crippen molar-refractivity contribution in [3.63, 3.8) is 0 Å². The lowest BCUT2D eigenvalue weighted by Crippen LogP contribution is -2.31. The molecule has 1 unspecified atom stereocenters. The van der Waals surface area contributed by atoms with Gasteiger partial charge < -0.3 is 38.9 Å². The number of aliphatic hydroxyl groups is 1. The van der Waals surface area contributed by atoms with E-state index in [1.165, 1.54) is 42.6 Å². The van der Waals surface area contributed by atoms with Crippen LogP contribution in [0.2, 0.25) is 10.0 Å². The van der Waals surface area contributed by atoms with Gasteiger partial charge in [-0.3, -0.25) is 42.7 Å². The van der Waals surface area contributed by atoms with E-state index in [1.54, 1.807) is 61.7 Å². The number of nitrogens with one attached hydrogen (secondary N) is 2. The zero-order valence-corrected chi connectivity index (χ0v) is 43.2. The number of nitrogens with zero attached hydrogens (tertiary/aromatic N) is 8. The number of rotatable bonds is 22. The predicted octanol–water partition coefficient (Wildman–Crippen LogP) is 7.61. The highest BCUT2D eigenvalue weighted by Crippen LogP contribution is 2.63. The molecular weight excluding hydrogens is 1050 g/mol. The smallest absolute Gasteiger partial charge is 0.392 e. The number of hydrogen-bond donors (Lipinski definition) is 3. The number of anilines is 2. The SMILES string of the molecule is CCC(=O)OCSP(=O)(OC[C@H]1O[C@@H](n2cnc3c(NC(=O)c4ccccc4)ncnc32)C[C@H]1OC(=O)CCC(C)=O)O[C@@H]1C[C@H](n2cnc3c(Oc4cc(Cl)ccc4Cl)nc(NC(=O)C(C)C)nc32)O[C@@H]1CO. The molecule has 24 nitrogen and oxygen atoms in total. The molecule has 0 aliphatic carbocycles. The molecule has 0 bridgehead atoms. The van der Waals surface area contributed by atoms with Crippen molar-refractivity contribution in [2.75, 3.05) is 29.8 Å². The zero-order valence-electron chi connectivity index (χ0n) is 40.0. The molecule has 8 rings (SSSR count). The summed E-state index contributed by atoms with van der Waals surface area (Å²) in [6.45, 7) is 0.680. The van der Waals surface area contributed by atoms with Gasteiger partial charge in [0, 0.05) is 59.6 Å². The van der Waals surface area contributed by atoms with Crippen LogP contribution in [0.1, 0.15) is 82.6 Å². The zero-order chi connectivity index (χ0) is 52.7. The lowest BCUT2D eigenvalue weighted by molar-refractivity contribution is -0.153. The van der Waals surface area contributed by atoms with Crippen LogP contribution in [0.15, 0.2) is 67.5 Å². The monoisotopic (exact) mass is 1100 g/mol. The van der Waals surface area contributed by atoms with Crippen LogP contribution in [0, 0.1) is 5.92 Å². The van der Waals surface area contributed by atoms with E-state index in [0.29, 0.717) is 22.0 Å². The van der Waals surface area contributed by atoms with Crippen molar-refractivity contribution in [2.24, 2.45) is 5.92 Å². The number of esters is 2. The second-order valence-corrected chi connectivity index (χ2v) is 21.8. The topological polar surface area (TPSA) is 299 Å². The second kappa shape index (κ2) is 24.0. The first-order valence-corrected chi connectivity index (χ1v) is 27.0. The summed E-state index contributed by atoms with van der Waals surface area (Å²) in [4.78, 5) is 89.5. The molecule has 2 fully saturated rings. The Hall–Kier alpha value is -6.15. The van der Waals surface area contributed by atoms with E-state index < -0.39 is 92.5 Å². The number of aliphatic hydroxyl groups excluding tert-OH is 1. The summed E-state index contributed by atoms with van der Waals surface area (Å²) < 4.78 is 60.2. The molecule has 28 heteroatoms. The standard InChI is InChI=1S/C46H49Cl2N10O14PS/c1-5-36(61)66-23-74-73(65,72-31-17-35(68-32(31)18-59)58-22-52-39-42(58)54-46(55-43(63)24(2)3)56-45(39)71-29-15-27(47)12-13-28(29)48)67-19-33-30(70-37(62)14-11-25(4)60)16-34(69-33)57-21-51-38-40(49-20-50-41(38)57)53-44(64)26-9-7-6-8-10-26/h6-10,12-13,15,20-22,24,30-35,59H,5,11,14,16-19,23H2,1-4H3,(H,49,50,53,64)(H,54,55,56,63)/t30-,31-,32-,33-,34-,35-,73?/m1/s1. The lowest BCUT2D eigenvalue weighted by Gasteiger charge is -2.25. The molecule has 392 valence electrons. The fraction of sp³-hybridized carbons (Fsp3) is 0.413. The van der Waals surface area contributed by atoms with Crippen LogP contribution < -0.4 is 15.4 Å². The van der Waals surface area contributed by atoms with Crippen LogP contribution in [-0.2, 0) is 51.7 Å². The largest absolute Gasteiger partial charge is 0.459 e. The first-order chi connectivity index (χ1) is 35.5. The number of benzene rings is 2. The summed E-state index contributed by atoms with van der Waals surface area (Å²) >= 11 is 13.2. The third-order valence-electron chi connectivity index (χ3n) is 11.4. The van der Waals surface area contributed by atoms with Gasteiger partial charge in [-0.15, -0.1) is 0 Å². The summed E-state index contributed by atoms with van der Waals surface area (Å²) in [5.41, 5.74) is 1.12. The molecule has 2 aliphatic rings. The van der Waals surface area contributed by atoms with Crippen molar-refractivity contribution in [1.82, 2.24) is 39.0 Å². The Balaban J connectivity index is 1.04. The van der Waals surface area contributed by atoms with Gasteiger partial charge in [0.15, 0.2) is 28.1 Å². The average molecular weight is 1100 g/mol. The minimum absolute atomic E-state index is 0.00231. The highest BCUT2D eigenvalue weighted by Gasteiger charge is 2.46. The number of fused-ring (bicyclic) bond motifs is 2. The Labute approximate surface area is 435 Å². The Morgan fingerprint density at radius 1 is 0.878 bits per heavy atom. The normalized spacial score (nSPS) is 20.4. The van der Waals surface area contributed by atoms with Gasteiger partial charge in [-0.25, -0.2) is 24.5 Å². The fourth-order valence-electron chi connectivity index (χ4n) is 7.55. The van der Waals surface area contributed by atoms with Gasteiger partial charge in [-0.05, 0) is 31.2 Å². The van der Waals surface area contributed by atoms with Gasteiger partial charge >= 0.3 is 18.7 Å². The van der Waals surface area contributed by atoms with Gasteiger partial charge in [0.25, 0.3) is 11.8 Å². The number of hydrogen-bond acceptors (Lipinski definition) is 21. The van der Waals surface area contributed by atoms with Crippen LogP contribution in [-0.4, -0.2) is 117 Å². The summed E-state index contributed by atoms with van der Waals surface area (Å²) in [6, 6.07) is 13.1. The maximum atomic E-state index is 15.0. The van der Waals surface area contributed by atoms with Crippen molar-refractivity contribution in [1.29, 1.82) is 0 Å². The first kappa shape index (κ1) is 54.1. The molecule has 2 amide bonds. The summed E-state index contributed by atoms with van der Waals surface area (Å²) in [7, 11) is 0. The van der Waals surface area contributed by atoms with Crippen molar-refractivity contribution < 1.29 is 66.4 Å². The molecule has 2 aliphatic heterocycles. The molecular formula is C46H49Cl2N10O14PS. The molecule has 74 heavy (non-hydrogen) atoms. The van der Waals surface area contributed by atoms with E-state index in [9.17, 15) is 33.6 Å². The number of carbonyl (C=O) groups is 5. The van der Waals surface area contributed by atoms with Crippen LogP contribution in [0.3, 0.4) is 0 Å². The number of amides is 2. The average Bonchev–Trinajstić information content (AvgIpc) is 4.19. The number of imidazole rings is 2. The molecule has 7 atom stereocenters. The van der Waals surface area contributed by atoms with Gasteiger partial charge in [0.2, 0.25) is 11.9 Å². The Bertz CT molecular complexity index is 3100. The summed E-state index contributed by atoms with van der Waals surface area (Å²) in [6.07, 6.45) is -2.72. The molecule has 0 spiro atoms. The van der Waals surface area contributed by atoms with Crippen molar-refractivity contribution in [2.45, 2.75) is 96.7 Å². The minimum atomic E-state index is -4.47. The number of halogens is 2. The van der Waals surface area contributed by atoms with E-state index >= 15 is 0 Å². The minimum Gasteiger partial charge on any atom is -0.459 e. The molecule has 2 aromatic carbocycles. The fourth-order valence-corrected chi connectivity index (χ4v) is 10.7. The number of carbonyl (C=O) groups excluding carboxylic acids is 5. The van der Waals surface area contributed by atoms with E-state index in [1.807, 2.05) is 0 Å². The van der Waals surface area contributed by atoms with Crippen molar-refractivity contribution >= 4 is 105 Å². The van der Waals surface area contributed by atoms with Gasteiger partial charge in [-0.1, -0.05) is 62.2 Å². The van der Waals surface area contributed by atoms with Crippen LogP contribution in [0.4, 0.5) is 11.8 Å². The molecule has 6 heterocycles.